The van der Waals surface area contributed by atoms with Crippen LogP contribution in [-0.4, -0.2) is 61.4 Å². The smallest absolute Gasteiger partial charge is 0.548 e. The van der Waals surface area contributed by atoms with Gasteiger partial charge < -0.3 is 36.9 Å². The van der Waals surface area contributed by atoms with Gasteiger partial charge in [-0.3, -0.25) is 0 Å². The predicted octanol–water partition coefficient (Wildman–Crippen LogP) is -3.98. The number of carboxylic acids is 1. The first kappa shape index (κ1) is 39.3. The molecule has 1 aromatic rings. The molecule has 0 amide bonds. The number of nitrogens with two attached hydrogens (primary N) is 1. The van der Waals surface area contributed by atoms with Crippen molar-refractivity contribution in [1.82, 2.24) is 21.3 Å². The van der Waals surface area contributed by atoms with Gasteiger partial charge in [0.1, 0.15) is 0 Å². The predicted molar refractivity (Wildman–Crippen MR) is 131 cm³/mol. The van der Waals surface area contributed by atoms with Crippen molar-refractivity contribution < 1.29 is 55.3 Å². The van der Waals surface area contributed by atoms with Crippen LogP contribution in [0.15, 0.2) is 30.3 Å². The van der Waals surface area contributed by atoms with E-state index in [1.54, 1.807) is 0 Å². The van der Waals surface area contributed by atoms with Crippen LogP contribution in [0.4, 0.5) is 0 Å². The fraction of sp³-hybridized carbons (Fsp3) is 0.720. The Kier molecular flexibility index (Phi) is 19.9. The average molecular weight is 607 g/mol. The molecule has 2 rings (SSSR count). The summed E-state index contributed by atoms with van der Waals surface area (Å²) in [5.74, 6) is -1.21. The molecule has 13 heteroatoms. The van der Waals surface area contributed by atoms with E-state index in [0.717, 1.165) is 44.6 Å². The number of carboxylic acid groups (broad SMARTS) is 1. The number of aliphatic carboxylic acids is 1. The number of carbonyl (C=O) groups is 1. The van der Waals surface area contributed by atoms with E-state index in [1.165, 1.54) is 0 Å². The van der Waals surface area contributed by atoms with Crippen LogP contribution in [0, 0.1) is 10.2 Å². The molecule has 0 aromatic heterocycles. The normalized spacial score (nSPS) is 23.0. The van der Waals surface area contributed by atoms with Crippen LogP contribution in [0.5, 0.6) is 0 Å². The molecular formula is C25H46ClN5NiO6. The number of hydrogen-bond donors (Lipinski definition) is 5. The molecule has 1 fully saturated rings. The summed E-state index contributed by atoms with van der Waals surface area (Å²) in [6.45, 7) is 17.8. The van der Waals surface area contributed by atoms with E-state index in [9.17, 15) is 9.90 Å². The standard InChI is InChI=1S/C16H36N4.C9H11NO2.ClHO4.Ni/c1-13-11-15(3,4)19-10-8-18-14(2)12-16(5,6)20-9-7-17-13;10-8(9(11)12)6-7-4-2-1-3-5-7;2-1(3,4)5;/h13-14,17-20H,7-12H2,1-6H3;1-5,8H,6,10H2,(H,11,12);(H,2,3,4,5);/q;;;+2/p-2/t13-,14-;8-;;/m00../s1. The molecule has 38 heavy (non-hydrogen) atoms. The van der Waals surface area contributed by atoms with Gasteiger partial charge in [0.15, 0.2) is 0 Å². The van der Waals surface area contributed by atoms with Gasteiger partial charge in [-0.25, -0.2) is 18.6 Å². The maximum Gasteiger partial charge on any atom is 2.00 e. The number of carbonyl (C=O) groups excluding carboxylic acids is 1. The third kappa shape index (κ3) is 24.2. The van der Waals surface area contributed by atoms with Crippen molar-refractivity contribution in [2.75, 3.05) is 26.2 Å². The molecule has 1 aliphatic rings. The van der Waals surface area contributed by atoms with Gasteiger partial charge >= 0.3 is 16.5 Å². The summed E-state index contributed by atoms with van der Waals surface area (Å²) in [6, 6.07) is 9.40. The second kappa shape index (κ2) is 19.2. The van der Waals surface area contributed by atoms with E-state index in [1.807, 2.05) is 30.3 Å². The molecule has 11 nitrogen and oxygen atoms in total. The van der Waals surface area contributed by atoms with Gasteiger partial charge in [-0.15, -0.1) is 10.2 Å². The number of nitrogens with one attached hydrogen (secondary N) is 4. The minimum absolute atomic E-state index is 0. The summed E-state index contributed by atoms with van der Waals surface area (Å²) in [5, 5.41) is 24.8. The Hall–Kier alpha value is -0.886. The first-order valence-electron chi connectivity index (χ1n) is 12.5. The minimum Gasteiger partial charge on any atom is -0.548 e. The van der Waals surface area contributed by atoms with Gasteiger partial charge in [-0.2, -0.15) is 0 Å². The third-order valence-corrected chi connectivity index (χ3v) is 5.68. The zero-order valence-corrected chi connectivity index (χ0v) is 25.0. The number of rotatable bonds is 3. The van der Waals surface area contributed by atoms with E-state index in [4.69, 9.17) is 24.4 Å². The molecule has 1 saturated heterocycles. The second-order valence-electron chi connectivity index (χ2n) is 10.7. The molecule has 3 atom stereocenters. The van der Waals surface area contributed by atoms with Gasteiger partial charge in [-0.05, 0) is 66.4 Å². The molecule has 1 aromatic carbocycles. The first-order valence-corrected chi connectivity index (χ1v) is 13.7. The van der Waals surface area contributed by atoms with Crippen molar-refractivity contribution in [2.45, 2.75) is 90.0 Å². The van der Waals surface area contributed by atoms with Gasteiger partial charge in [-0.1, -0.05) is 30.3 Å². The monoisotopic (exact) mass is 605 g/mol. The van der Waals surface area contributed by atoms with Crippen molar-refractivity contribution >= 4 is 5.97 Å². The molecule has 1 aliphatic heterocycles. The quantitative estimate of drug-likeness (QED) is 0.210. The summed E-state index contributed by atoms with van der Waals surface area (Å²) in [7, 11) is -4.94. The van der Waals surface area contributed by atoms with Crippen LogP contribution < -0.4 is 50.7 Å². The maximum absolute atomic E-state index is 10.3. The largest absolute Gasteiger partial charge is 2.00 e. The molecule has 0 aliphatic carbocycles. The first-order chi connectivity index (χ1) is 16.9. The van der Waals surface area contributed by atoms with Crippen LogP contribution in [0.1, 0.15) is 59.9 Å². The Balaban J connectivity index is 0. The Bertz CT molecular complexity index is 722. The number of hydrogen-bond acceptors (Lipinski definition) is 11. The van der Waals surface area contributed by atoms with Crippen LogP contribution in [-0.2, 0) is 27.7 Å². The Morgan fingerprint density at radius 2 is 1.26 bits per heavy atom. The minimum atomic E-state index is -4.94. The molecule has 0 spiro atoms. The Labute approximate surface area is 240 Å². The Morgan fingerprint density at radius 1 is 0.895 bits per heavy atom. The summed E-state index contributed by atoms with van der Waals surface area (Å²) in [4.78, 5) is 10.3. The van der Waals surface area contributed by atoms with E-state index >= 15 is 0 Å². The summed E-state index contributed by atoms with van der Waals surface area (Å²) < 4.78 is 34.0. The summed E-state index contributed by atoms with van der Waals surface area (Å²) >= 11 is 0. The van der Waals surface area contributed by atoms with Crippen LogP contribution in [0.25, 0.3) is 0 Å². The number of benzene rings is 1. The Morgan fingerprint density at radius 3 is 1.61 bits per heavy atom. The molecule has 0 unspecified atom stereocenters. The second-order valence-corrected chi connectivity index (χ2v) is 11.5. The van der Waals surface area contributed by atoms with Crippen molar-refractivity contribution in [1.29, 1.82) is 0 Å². The number of halogens is 1. The average Bonchev–Trinajstić information content (AvgIpc) is 2.73. The fourth-order valence-corrected chi connectivity index (χ4v) is 4.21. The molecule has 224 valence electrons. The molecule has 6 N–H and O–H groups in total. The molecule has 0 bridgehead atoms. The van der Waals surface area contributed by atoms with Crippen LogP contribution in [0.3, 0.4) is 0 Å². The topological polar surface area (TPSA) is 207 Å². The van der Waals surface area contributed by atoms with Gasteiger partial charge in [0, 0.05) is 55.4 Å². The SMILES string of the molecule is C[C@H]1CC(C)(C)NCCN[C@@H](C)CC(C)(C)NCCN1.N[C@@H](Cc1ccccc1)C(=O)[O-].[Ni+2].[O-][Cl+3]([O-])([O-])[O-]. The van der Waals surface area contributed by atoms with Crippen LogP contribution in [0.2, 0.25) is 0 Å². The van der Waals surface area contributed by atoms with E-state index in [0.29, 0.717) is 18.5 Å². The van der Waals surface area contributed by atoms with Crippen molar-refractivity contribution in [3.8, 4) is 0 Å². The fourth-order valence-electron chi connectivity index (χ4n) is 4.21. The van der Waals surface area contributed by atoms with Crippen LogP contribution >= 0.6 is 0 Å². The molecular weight excluding hydrogens is 560 g/mol. The maximum atomic E-state index is 10.3. The van der Waals surface area contributed by atoms with Crippen molar-refractivity contribution in [2.24, 2.45) is 5.73 Å². The molecule has 0 radical (unpaired) electrons. The van der Waals surface area contributed by atoms with Gasteiger partial charge in [0.05, 0.1) is 5.97 Å². The zero-order valence-electron chi connectivity index (χ0n) is 23.3. The van der Waals surface area contributed by atoms with E-state index < -0.39 is 22.3 Å². The summed E-state index contributed by atoms with van der Waals surface area (Å²) in [6.07, 6.45) is 2.61. The molecule has 1 heterocycles. The van der Waals surface area contributed by atoms with Gasteiger partial charge in [0.2, 0.25) is 0 Å². The summed E-state index contributed by atoms with van der Waals surface area (Å²) in [5.41, 5.74) is 6.58. The van der Waals surface area contributed by atoms with E-state index in [2.05, 4.69) is 62.8 Å². The zero-order chi connectivity index (χ0) is 28.7. The third-order valence-electron chi connectivity index (χ3n) is 5.68. The van der Waals surface area contributed by atoms with Crippen molar-refractivity contribution in [3.63, 3.8) is 0 Å². The molecule has 0 saturated carbocycles. The van der Waals surface area contributed by atoms with Crippen molar-refractivity contribution in [3.05, 3.63) is 35.9 Å². The van der Waals surface area contributed by atoms with Gasteiger partial charge in [0.25, 0.3) is 0 Å². The van der Waals surface area contributed by atoms with E-state index in [-0.39, 0.29) is 27.6 Å².